The lowest BCUT2D eigenvalue weighted by molar-refractivity contribution is -0.139. The molecule has 1 unspecified atom stereocenters. The average Bonchev–Trinajstić information content (AvgIpc) is 2.43. The van der Waals surface area contributed by atoms with Gasteiger partial charge in [0.1, 0.15) is 4.90 Å². The van der Waals surface area contributed by atoms with Gasteiger partial charge in [-0.05, 0) is 18.2 Å². The molecule has 0 aliphatic carbocycles. The Morgan fingerprint density at radius 1 is 1.41 bits per heavy atom. The monoisotopic (exact) mass is 328 g/mol. The number of nitrogens with zero attached hydrogens (tertiary/aromatic N) is 2. The molecule has 1 aliphatic heterocycles. The van der Waals surface area contributed by atoms with E-state index in [2.05, 4.69) is 15.0 Å². The summed E-state index contributed by atoms with van der Waals surface area (Å²) >= 11 is 0. The third-order valence-corrected chi connectivity index (χ3v) is 4.38. The van der Waals surface area contributed by atoms with Crippen molar-refractivity contribution in [1.82, 2.24) is 4.72 Å². The average molecular weight is 328 g/mol. The van der Waals surface area contributed by atoms with Gasteiger partial charge in [0, 0.05) is 19.8 Å². The van der Waals surface area contributed by atoms with Crippen LogP contribution in [0.2, 0.25) is 0 Å². The van der Waals surface area contributed by atoms with Crippen LogP contribution >= 0.6 is 0 Å². The Bertz CT molecular complexity index is 729. The molecule has 0 fully saturated rings. The minimum Gasteiger partial charge on any atom is -0.480 e. The van der Waals surface area contributed by atoms with E-state index in [4.69, 9.17) is 10.2 Å². The first-order valence-corrected chi connectivity index (χ1v) is 7.75. The summed E-state index contributed by atoms with van der Waals surface area (Å²) < 4.78 is 26.6. The van der Waals surface area contributed by atoms with Crippen LogP contribution < -0.4 is 14.9 Å². The van der Waals surface area contributed by atoms with Crippen LogP contribution in [0, 0.1) is 0 Å². The number of sulfonamides is 1. The van der Waals surface area contributed by atoms with Crippen LogP contribution in [0.25, 0.3) is 0 Å². The van der Waals surface area contributed by atoms with Crippen molar-refractivity contribution < 1.29 is 23.4 Å². The number of rotatable bonds is 4. The van der Waals surface area contributed by atoms with E-state index >= 15 is 0 Å². The standard InChI is InChI=1S/C12H16N4O5S/c1-16(2)7-3-4-8-10(5-7)22(20,21)15-12(13-8)14-9(6-17)11(18)19/h3-5,9,17H,6H2,1-2H3,(H,18,19)(H2,13,14,15). The molecule has 120 valence electrons. The second kappa shape index (κ2) is 5.81. The van der Waals surface area contributed by atoms with Gasteiger partial charge in [0.15, 0.2) is 6.04 Å². The van der Waals surface area contributed by atoms with Gasteiger partial charge in [-0.25, -0.2) is 22.9 Å². The highest BCUT2D eigenvalue weighted by Crippen LogP contribution is 2.28. The number of aliphatic carboxylic acids is 1. The largest absolute Gasteiger partial charge is 0.480 e. The minimum atomic E-state index is -3.87. The molecule has 1 heterocycles. The summed E-state index contributed by atoms with van der Waals surface area (Å²) in [7, 11) is -0.309. The van der Waals surface area contributed by atoms with E-state index in [1.54, 1.807) is 31.1 Å². The molecule has 1 aromatic carbocycles. The molecular weight excluding hydrogens is 312 g/mol. The van der Waals surface area contributed by atoms with Crippen LogP contribution in [-0.2, 0) is 14.8 Å². The lowest BCUT2D eigenvalue weighted by atomic mass is 10.2. The summed E-state index contributed by atoms with van der Waals surface area (Å²) in [6.07, 6.45) is 0. The van der Waals surface area contributed by atoms with Crippen molar-refractivity contribution in [3.05, 3.63) is 18.2 Å². The number of anilines is 2. The fourth-order valence-corrected chi connectivity index (χ4v) is 2.99. The third-order valence-electron chi connectivity index (χ3n) is 3.00. The fraction of sp³-hybridized carbons (Fsp3) is 0.333. The van der Waals surface area contributed by atoms with E-state index in [0.29, 0.717) is 5.69 Å². The highest BCUT2D eigenvalue weighted by atomic mass is 32.2. The van der Waals surface area contributed by atoms with Crippen molar-refractivity contribution in [1.29, 1.82) is 0 Å². The van der Waals surface area contributed by atoms with Crippen LogP contribution in [0.3, 0.4) is 0 Å². The number of aliphatic imine (C=N–C) groups is 1. The Kier molecular flexibility index (Phi) is 4.24. The molecule has 22 heavy (non-hydrogen) atoms. The van der Waals surface area contributed by atoms with Gasteiger partial charge in [-0.2, -0.15) is 0 Å². The zero-order valence-corrected chi connectivity index (χ0v) is 12.8. The van der Waals surface area contributed by atoms with E-state index in [9.17, 15) is 13.2 Å². The van der Waals surface area contributed by atoms with Crippen molar-refractivity contribution in [3.63, 3.8) is 0 Å². The van der Waals surface area contributed by atoms with Gasteiger partial charge >= 0.3 is 5.97 Å². The maximum Gasteiger partial charge on any atom is 0.330 e. The molecule has 1 atom stereocenters. The number of carbonyl (C=O) groups is 1. The number of carboxylic acid groups (broad SMARTS) is 1. The molecule has 2 rings (SSSR count). The van der Waals surface area contributed by atoms with Crippen LogP contribution in [-0.4, -0.2) is 57.3 Å². The smallest absolute Gasteiger partial charge is 0.330 e. The van der Waals surface area contributed by atoms with Gasteiger partial charge in [-0.15, -0.1) is 0 Å². The normalized spacial score (nSPS) is 18.8. The van der Waals surface area contributed by atoms with Crippen LogP contribution in [0.15, 0.2) is 28.1 Å². The van der Waals surface area contributed by atoms with E-state index < -0.39 is 28.6 Å². The third kappa shape index (κ3) is 3.12. The Balaban J connectivity index is 2.44. The summed E-state index contributed by atoms with van der Waals surface area (Å²) in [6.45, 7) is -0.741. The van der Waals surface area contributed by atoms with E-state index in [-0.39, 0.29) is 16.5 Å². The Morgan fingerprint density at radius 3 is 2.64 bits per heavy atom. The maximum absolute atomic E-state index is 12.2. The summed E-state index contributed by atoms with van der Waals surface area (Å²) in [5.74, 6) is -1.60. The Labute approximate surface area is 127 Å². The number of hydrogen-bond donors (Lipinski definition) is 4. The quantitative estimate of drug-likeness (QED) is 0.572. The first-order chi connectivity index (χ1) is 10.2. The molecule has 0 radical (unpaired) electrons. The molecule has 10 heteroatoms. The maximum atomic E-state index is 12.2. The number of fused-ring (bicyclic) bond motifs is 1. The predicted octanol–water partition coefficient (Wildman–Crippen LogP) is -0.742. The first kappa shape index (κ1) is 16.0. The van der Waals surface area contributed by atoms with Crippen molar-refractivity contribution in [2.45, 2.75) is 10.9 Å². The molecule has 0 spiro atoms. The number of aliphatic hydroxyl groups is 1. The Morgan fingerprint density at radius 2 is 2.09 bits per heavy atom. The van der Waals surface area contributed by atoms with Crippen LogP contribution in [0.4, 0.5) is 11.4 Å². The number of aliphatic hydroxyl groups excluding tert-OH is 1. The number of hydrogen-bond acceptors (Lipinski definition) is 6. The van der Waals surface area contributed by atoms with Gasteiger partial charge in [-0.1, -0.05) is 0 Å². The highest BCUT2D eigenvalue weighted by Gasteiger charge is 2.28. The summed E-state index contributed by atoms with van der Waals surface area (Å²) in [5.41, 5.74) is 0.982. The molecular formula is C12H16N4O5S. The van der Waals surface area contributed by atoms with Crippen molar-refractivity contribution in [3.8, 4) is 0 Å². The molecule has 1 aromatic rings. The van der Waals surface area contributed by atoms with E-state index in [0.717, 1.165) is 0 Å². The number of benzene rings is 1. The van der Waals surface area contributed by atoms with Gasteiger partial charge in [0.2, 0.25) is 5.96 Å². The molecule has 0 bridgehead atoms. The van der Waals surface area contributed by atoms with E-state index in [1.165, 1.54) is 6.07 Å². The van der Waals surface area contributed by atoms with Gasteiger partial charge in [0.05, 0.1) is 12.3 Å². The molecule has 9 nitrogen and oxygen atoms in total. The molecule has 1 aliphatic rings. The van der Waals surface area contributed by atoms with E-state index in [1.807, 2.05) is 0 Å². The minimum absolute atomic E-state index is 0.0357. The van der Waals surface area contributed by atoms with Crippen LogP contribution in [0.1, 0.15) is 0 Å². The Hall–Kier alpha value is -2.33. The molecule has 4 N–H and O–H groups in total. The van der Waals surface area contributed by atoms with Gasteiger partial charge in [-0.3, -0.25) is 0 Å². The molecule has 0 amide bonds. The second-order valence-electron chi connectivity index (χ2n) is 4.82. The summed E-state index contributed by atoms with van der Waals surface area (Å²) in [5, 5.41) is 20.5. The number of carboxylic acids is 1. The lowest BCUT2D eigenvalue weighted by Crippen LogP contribution is -2.42. The zero-order valence-electron chi connectivity index (χ0n) is 11.9. The highest BCUT2D eigenvalue weighted by molar-refractivity contribution is 7.90. The second-order valence-corrected chi connectivity index (χ2v) is 6.47. The molecule has 0 saturated heterocycles. The summed E-state index contributed by atoms with van der Waals surface area (Å²) in [4.78, 5) is 16.3. The number of nitrogens with one attached hydrogen (secondary N) is 2. The lowest BCUT2D eigenvalue weighted by Gasteiger charge is -2.24. The van der Waals surface area contributed by atoms with Crippen LogP contribution in [0.5, 0.6) is 0 Å². The molecule has 0 saturated carbocycles. The van der Waals surface area contributed by atoms with Gasteiger partial charge in [0.25, 0.3) is 10.0 Å². The SMILES string of the molecule is CN(C)c1ccc2c(c1)S(=O)(=O)NC(=NC(CO)C(=O)O)N2. The van der Waals surface area contributed by atoms with Crippen molar-refractivity contribution >= 4 is 33.3 Å². The predicted molar refractivity (Wildman–Crippen MR) is 80.7 cm³/mol. The first-order valence-electron chi connectivity index (χ1n) is 6.27. The summed E-state index contributed by atoms with van der Waals surface area (Å²) in [6, 6.07) is 3.31. The fourth-order valence-electron chi connectivity index (χ4n) is 1.84. The molecule has 0 aromatic heterocycles. The topological polar surface area (TPSA) is 131 Å². The van der Waals surface area contributed by atoms with Crippen molar-refractivity contribution in [2.24, 2.45) is 4.99 Å². The van der Waals surface area contributed by atoms with Crippen molar-refractivity contribution in [2.75, 3.05) is 30.9 Å². The zero-order chi connectivity index (χ0) is 16.5. The number of guanidine groups is 1. The van der Waals surface area contributed by atoms with Gasteiger partial charge < -0.3 is 20.4 Å².